The molecule has 4 heteroatoms. The molecule has 0 amide bonds. The highest BCUT2D eigenvalue weighted by Crippen LogP contribution is 2.24. The summed E-state index contributed by atoms with van der Waals surface area (Å²) in [6.45, 7) is 7.01. The lowest BCUT2D eigenvalue weighted by atomic mass is 9.99. The van der Waals surface area contributed by atoms with E-state index in [-0.39, 0.29) is 18.7 Å². The zero-order chi connectivity index (χ0) is 12.8. The first kappa shape index (κ1) is 14.1. The Morgan fingerprint density at radius 1 is 1.29 bits per heavy atom. The lowest BCUT2D eigenvalue weighted by Gasteiger charge is -2.37. The van der Waals surface area contributed by atoms with Crippen LogP contribution in [0.15, 0.2) is 24.5 Å². The van der Waals surface area contributed by atoms with E-state index in [0.29, 0.717) is 12.6 Å². The van der Waals surface area contributed by atoms with Crippen molar-refractivity contribution in [1.82, 2.24) is 9.88 Å². The molecule has 4 nitrogen and oxygen atoms in total. The topological polar surface area (TPSA) is 62.4 Å². The first-order valence-electron chi connectivity index (χ1n) is 6.10. The summed E-state index contributed by atoms with van der Waals surface area (Å²) in [4.78, 5) is 6.25. The minimum Gasteiger partial charge on any atom is -0.395 e. The summed E-state index contributed by atoms with van der Waals surface area (Å²) in [5.74, 6) is 0. The van der Waals surface area contributed by atoms with Crippen molar-refractivity contribution in [2.75, 3.05) is 13.2 Å². The van der Waals surface area contributed by atoms with Gasteiger partial charge in [-0.15, -0.1) is 0 Å². The van der Waals surface area contributed by atoms with Crippen molar-refractivity contribution >= 4 is 0 Å². The van der Waals surface area contributed by atoms with E-state index >= 15 is 0 Å². The van der Waals surface area contributed by atoms with Gasteiger partial charge in [0.1, 0.15) is 0 Å². The molecule has 1 aromatic rings. The zero-order valence-electron chi connectivity index (χ0n) is 10.9. The molecular formula is C13H23N3O. The number of nitrogens with zero attached hydrogens (tertiary/aromatic N) is 2. The van der Waals surface area contributed by atoms with E-state index in [0.717, 1.165) is 5.56 Å². The minimum atomic E-state index is 0.00588. The summed E-state index contributed by atoms with van der Waals surface area (Å²) in [7, 11) is 0. The van der Waals surface area contributed by atoms with E-state index in [1.807, 2.05) is 19.1 Å². The van der Waals surface area contributed by atoms with Crippen molar-refractivity contribution in [3.63, 3.8) is 0 Å². The van der Waals surface area contributed by atoms with E-state index in [9.17, 15) is 0 Å². The van der Waals surface area contributed by atoms with Crippen LogP contribution in [-0.4, -0.2) is 40.2 Å². The first-order valence-corrected chi connectivity index (χ1v) is 6.10. The Balaban J connectivity index is 2.98. The van der Waals surface area contributed by atoms with Gasteiger partial charge in [0.25, 0.3) is 0 Å². The predicted molar refractivity (Wildman–Crippen MR) is 69.6 cm³/mol. The van der Waals surface area contributed by atoms with Crippen LogP contribution in [0.25, 0.3) is 0 Å². The molecule has 17 heavy (non-hydrogen) atoms. The fourth-order valence-electron chi connectivity index (χ4n) is 2.19. The summed E-state index contributed by atoms with van der Waals surface area (Å²) in [5, 5.41) is 9.17. The molecular weight excluding hydrogens is 214 g/mol. The van der Waals surface area contributed by atoms with Crippen molar-refractivity contribution in [3.05, 3.63) is 30.1 Å². The Bertz CT molecular complexity index is 314. The summed E-state index contributed by atoms with van der Waals surface area (Å²) in [6, 6.07) is 4.43. The van der Waals surface area contributed by atoms with Crippen LogP contribution >= 0.6 is 0 Å². The number of hydrogen-bond acceptors (Lipinski definition) is 4. The normalized spacial score (nSPS) is 15.2. The van der Waals surface area contributed by atoms with Gasteiger partial charge in [0.15, 0.2) is 0 Å². The maximum atomic E-state index is 9.17. The molecule has 0 aliphatic carbocycles. The molecule has 1 rings (SSSR count). The predicted octanol–water partition coefficient (Wildman–Crippen LogP) is 1.17. The van der Waals surface area contributed by atoms with Gasteiger partial charge in [-0.2, -0.15) is 0 Å². The standard InChI is InChI=1S/C13H23N3O/c1-10(2)16(8-9-17)13(11(3)14)12-4-6-15-7-5-12/h4-7,10-11,13,17H,8-9,14H2,1-3H3. The second kappa shape index (κ2) is 6.69. The van der Waals surface area contributed by atoms with Gasteiger partial charge in [-0.1, -0.05) is 0 Å². The molecule has 3 N–H and O–H groups in total. The van der Waals surface area contributed by atoms with Crippen LogP contribution < -0.4 is 5.73 Å². The number of rotatable bonds is 6. The lowest BCUT2D eigenvalue weighted by Crippen LogP contribution is -2.44. The molecule has 2 atom stereocenters. The maximum absolute atomic E-state index is 9.17. The highest BCUT2D eigenvalue weighted by atomic mass is 16.3. The Kier molecular flexibility index (Phi) is 5.55. The van der Waals surface area contributed by atoms with Crippen molar-refractivity contribution in [2.24, 2.45) is 5.73 Å². The summed E-state index contributed by atoms with van der Waals surface area (Å²) < 4.78 is 0. The molecule has 1 heterocycles. The number of nitrogens with two attached hydrogens (primary N) is 1. The van der Waals surface area contributed by atoms with Gasteiger partial charge in [-0.25, -0.2) is 0 Å². The fourth-order valence-corrected chi connectivity index (χ4v) is 2.19. The number of aliphatic hydroxyl groups excluding tert-OH is 1. The Labute approximate surface area is 103 Å². The third-order valence-corrected chi connectivity index (χ3v) is 2.92. The van der Waals surface area contributed by atoms with Crippen molar-refractivity contribution in [1.29, 1.82) is 0 Å². The monoisotopic (exact) mass is 237 g/mol. The van der Waals surface area contributed by atoms with Crippen LogP contribution in [0, 0.1) is 0 Å². The van der Waals surface area contributed by atoms with Crippen molar-refractivity contribution < 1.29 is 5.11 Å². The average Bonchev–Trinajstić information content (AvgIpc) is 2.29. The van der Waals surface area contributed by atoms with Gasteiger partial charge in [0.05, 0.1) is 12.6 Å². The number of aliphatic hydroxyl groups is 1. The second-order valence-corrected chi connectivity index (χ2v) is 4.64. The van der Waals surface area contributed by atoms with Gasteiger partial charge in [-0.3, -0.25) is 9.88 Å². The van der Waals surface area contributed by atoms with E-state index in [1.165, 1.54) is 0 Å². The molecule has 0 saturated heterocycles. The molecule has 96 valence electrons. The Morgan fingerprint density at radius 3 is 2.29 bits per heavy atom. The van der Waals surface area contributed by atoms with Crippen LogP contribution in [0.1, 0.15) is 32.4 Å². The third kappa shape index (κ3) is 3.77. The van der Waals surface area contributed by atoms with Crippen LogP contribution in [0.4, 0.5) is 0 Å². The molecule has 0 saturated carbocycles. The molecule has 0 aliphatic rings. The number of aromatic nitrogens is 1. The molecule has 0 spiro atoms. The molecule has 0 bridgehead atoms. The van der Waals surface area contributed by atoms with E-state index in [2.05, 4.69) is 23.7 Å². The van der Waals surface area contributed by atoms with Gasteiger partial charge < -0.3 is 10.8 Å². The maximum Gasteiger partial charge on any atom is 0.0558 e. The van der Waals surface area contributed by atoms with E-state index in [4.69, 9.17) is 10.8 Å². The van der Waals surface area contributed by atoms with Gasteiger partial charge in [0, 0.05) is 31.0 Å². The van der Waals surface area contributed by atoms with Crippen LogP contribution in [0.2, 0.25) is 0 Å². The molecule has 1 aromatic heterocycles. The van der Waals surface area contributed by atoms with Crippen molar-refractivity contribution in [3.8, 4) is 0 Å². The SMILES string of the molecule is CC(N)C(c1ccncc1)N(CCO)C(C)C. The van der Waals surface area contributed by atoms with Gasteiger partial charge in [-0.05, 0) is 38.5 Å². The van der Waals surface area contributed by atoms with E-state index < -0.39 is 0 Å². The molecule has 0 radical (unpaired) electrons. The summed E-state index contributed by atoms with van der Waals surface area (Å²) >= 11 is 0. The van der Waals surface area contributed by atoms with Crippen LogP contribution in [0.3, 0.4) is 0 Å². The van der Waals surface area contributed by atoms with Crippen LogP contribution in [0.5, 0.6) is 0 Å². The fraction of sp³-hybridized carbons (Fsp3) is 0.615. The average molecular weight is 237 g/mol. The minimum absolute atomic E-state index is 0.00588. The first-order chi connectivity index (χ1) is 8.07. The molecule has 0 fully saturated rings. The highest BCUT2D eigenvalue weighted by molar-refractivity contribution is 5.17. The van der Waals surface area contributed by atoms with Gasteiger partial charge >= 0.3 is 0 Å². The van der Waals surface area contributed by atoms with Crippen LogP contribution in [-0.2, 0) is 0 Å². The largest absolute Gasteiger partial charge is 0.395 e. The van der Waals surface area contributed by atoms with Gasteiger partial charge in [0.2, 0.25) is 0 Å². The lowest BCUT2D eigenvalue weighted by molar-refractivity contribution is 0.105. The summed E-state index contributed by atoms with van der Waals surface area (Å²) in [5.41, 5.74) is 7.24. The van der Waals surface area contributed by atoms with E-state index in [1.54, 1.807) is 12.4 Å². The molecule has 0 aromatic carbocycles. The quantitative estimate of drug-likeness (QED) is 0.779. The number of pyridine rings is 1. The zero-order valence-corrected chi connectivity index (χ0v) is 10.9. The third-order valence-electron chi connectivity index (χ3n) is 2.92. The number of hydrogen-bond donors (Lipinski definition) is 2. The molecule has 0 aliphatic heterocycles. The Morgan fingerprint density at radius 2 is 1.88 bits per heavy atom. The summed E-state index contributed by atoms with van der Waals surface area (Å²) in [6.07, 6.45) is 3.56. The Hall–Kier alpha value is -0.970. The van der Waals surface area contributed by atoms with Crippen molar-refractivity contribution in [2.45, 2.75) is 38.9 Å². The molecule has 2 unspecified atom stereocenters. The highest BCUT2D eigenvalue weighted by Gasteiger charge is 2.25. The smallest absolute Gasteiger partial charge is 0.0558 e. The second-order valence-electron chi connectivity index (χ2n) is 4.64.